The Kier molecular flexibility index (Phi) is 2.90. The highest BCUT2D eigenvalue weighted by Gasteiger charge is 2.33. The van der Waals surface area contributed by atoms with E-state index in [1.165, 1.54) is 0 Å². The lowest BCUT2D eigenvalue weighted by Gasteiger charge is -2.27. The van der Waals surface area contributed by atoms with Crippen LogP contribution in [-0.2, 0) is 14.3 Å². The van der Waals surface area contributed by atoms with Gasteiger partial charge in [0, 0.05) is 0 Å². The number of esters is 1. The predicted molar refractivity (Wildman–Crippen MR) is 46.9 cm³/mol. The van der Waals surface area contributed by atoms with E-state index in [-0.39, 0.29) is 11.9 Å². The van der Waals surface area contributed by atoms with Crippen LogP contribution >= 0.6 is 0 Å². The van der Waals surface area contributed by atoms with Crippen LogP contribution in [-0.4, -0.2) is 24.0 Å². The Labute approximate surface area is 77.6 Å². The van der Waals surface area contributed by atoms with Crippen molar-refractivity contribution in [3.63, 3.8) is 0 Å². The third-order valence-corrected chi connectivity index (χ3v) is 1.97. The van der Waals surface area contributed by atoms with E-state index in [1.807, 2.05) is 13.8 Å². The fourth-order valence-corrected chi connectivity index (χ4v) is 1.28. The van der Waals surface area contributed by atoms with E-state index in [9.17, 15) is 9.59 Å². The van der Waals surface area contributed by atoms with Gasteiger partial charge in [-0.15, -0.1) is 0 Å². The molecule has 1 amide bonds. The summed E-state index contributed by atoms with van der Waals surface area (Å²) in [6.45, 7) is 5.56. The summed E-state index contributed by atoms with van der Waals surface area (Å²) in [5.74, 6) is -0.155. The van der Waals surface area contributed by atoms with Crippen LogP contribution in [0.5, 0.6) is 0 Å². The molecule has 1 aliphatic heterocycles. The standard InChI is InChI=1S/C9H15NO3/c1-5(2)4-7-9(12)13-6(3)8(11)10-7/h5-7H,4H2,1-3H3,(H,10,11)/t6-,7+/m1/s1. The van der Waals surface area contributed by atoms with Gasteiger partial charge < -0.3 is 10.1 Å². The van der Waals surface area contributed by atoms with E-state index in [4.69, 9.17) is 4.74 Å². The summed E-state index contributed by atoms with van der Waals surface area (Å²) in [7, 11) is 0. The van der Waals surface area contributed by atoms with Crippen molar-refractivity contribution in [2.75, 3.05) is 0 Å². The second-order valence-corrected chi connectivity index (χ2v) is 3.77. The van der Waals surface area contributed by atoms with E-state index >= 15 is 0 Å². The molecule has 0 spiro atoms. The molecule has 13 heavy (non-hydrogen) atoms. The summed E-state index contributed by atoms with van der Waals surface area (Å²) in [4.78, 5) is 22.4. The van der Waals surface area contributed by atoms with E-state index in [1.54, 1.807) is 6.92 Å². The minimum absolute atomic E-state index is 0.203. The summed E-state index contributed by atoms with van der Waals surface area (Å²) in [6.07, 6.45) is -0.00647. The van der Waals surface area contributed by atoms with Crippen LogP contribution in [0.3, 0.4) is 0 Å². The maximum absolute atomic E-state index is 11.2. The minimum atomic E-state index is -0.643. The zero-order chi connectivity index (χ0) is 10.0. The quantitative estimate of drug-likeness (QED) is 0.636. The van der Waals surface area contributed by atoms with Crippen molar-refractivity contribution in [2.45, 2.75) is 39.3 Å². The molecule has 0 radical (unpaired) electrons. The number of cyclic esters (lactones) is 1. The van der Waals surface area contributed by atoms with Crippen molar-refractivity contribution < 1.29 is 14.3 Å². The number of ether oxygens (including phenoxy) is 1. The maximum Gasteiger partial charge on any atom is 0.329 e. The fraction of sp³-hybridized carbons (Fsp3) is 0.778. The topological polar surface area (TPSA) is 55.4 Å². The van der Waals surface area contributed by atoms with E-state index in [2.05, 4.69) is 5.32 Å². The van der Waals surface area contributed by atoms with Crippen LogP contribution in [0.15, 0.2) is 0 Å². The Morgan fingerprint density at radius 1 is 1.46 bits per heavy atom. The lowest BCUT2D eigenvalue weighted by Crippen LogP contribution is -2.53. The molecule has 0 aromatic heterocycles. The SMILES string of the molecule is CC(C)C[C@@H]1NC(=O)[C@@H](C)OC1=O. The van der Waals surface area contributed by atoms with Gasteiger partial charge in [0.1, 0.15) is 6.04 Å². The molecule has 0 aliphatic carbocycles. The number of carbonyl (C=O) groups is 2. The van der Waals surface area contributed by atoms with Crippen LogP contribution in [0, 0.1) is 5.92 Å². The molecule has 1 fully saturated rings. The van der Waals surface area contributed by atoms with Crippen molar-refractivity contribution in [1.82, 2.24) is 5.32 Å². The molecule has 0 bridgehead atoms. The van der Waals surface area contributed by atoms with Gasteiger partial charge in [0.25, 0.3) is 5.91 Å². The first kappa shape index (κ1) is 10.0. The summed E-state index contributed by atoms with van der Waals surface area (Å²) in [5, 5.41) is 2.63. The number of carbonyl (C=O) groups excluding carboxylic acids is 2. The number of rotatable bonds is 2. The van der Waals surface area contributed by atoms with Gasteiger partial charge in [0.15, 0.2) is 6.10 Å². The number of amides is 1. The summed E-state index contributed by atoms with van der Waals surface area (Å²) in [6, 6.07) is -0.455. The molecular formula is C9H15NO3. The van der Waals surface area contributed by atoms with Gasteiger partial charge in [-0.2, -0.15) is 0 Å². The molecule has 1 N–H and O–H groups in total. The van der Waals surface area contributed by atoms with Gasteiger partial charge in [-0.1, -0.05) is 13.8 Å². The summed E-state index contributed by atoms with van der Waals surface area (Å²) >= 11 is 0. The Hall–Kier alpha value is -1.06. The zero-order valence-corrected chi connectivity index (χ0v) is 8.16. The Balaban J connectivity index is 2.56. The molecule has 0 aromatic rings. The molecule has 0 unspecified atom stereocenters. The fourth-order valence-electron chi connectivity index (χ4n) is 1.28. The predicted octanol–water partition coefficient (Wildman–Crippen LogP) is 0.463. The van der Waals surface area contributed by atoms with Crippen LogP contribution in [0.25, 0.3) is 0 Å². The average Bonchev–Trinajstić information content (AvgIpc) is 1.99. The van der Waals surface area contributed by atoms with Crippen LogP contribution in [0.1, 0.15) is 27.2 Å². The summed E-state index contributed by atoms with van der Waals surface area (Å²) in [5.41, 5.74) is 0. The molecular weight excluding hydrogens is 170 g/mol. The number of hydrogen-bond donors (Lipinski definition) is 1. The molecule has 4 heteroatoms. The maximum atomic E-state index is 11.2. The lowest BCUT2D eigenvalue weighted by molar-refractivity contribution is -0.164. The molecule has 2 atom stereocenters. The number of morpholine rings is 1. The molecule has 1 heterocycles. The van der Waals surface area contributed by atoms with Gasteiger partial charge >= 0.3 is 5.97 Å². The van der Waals surface area contributed by atoms with E-state index < -0.39 is 12.1 Å². The van der Waals surface area contributed by atoms with Crippen LogP contribution < -0.4 is 5.32 Å². The smallest absolute Gasteiger partial charge is 0.329 e. The van der Waals surface area contributed by atoms with Crippen molar-refractivity contribution in [2.24, 2.45) is 5.92 Å². The molecule has 1 aliphatic rings. The van der Waals surface area contributed by atoms with Crippen LogP contribution in [0.2, 0.25) is 0 Å². The third kappa shape index (κ3) is 2.44. The van der Waals surface area contributed by atoms with Gasteiger partial charge in [-0.25, -0.2) is 4.79 Å². The highest BCUT2D eigenvalue weighted by molar-refractivity contribution is 5.92. The largest absolute Gasteiger partial charge is 0.451 e. The van der Waals surface area contributed by atoms with Crippen molar-refractivity contribution in [1.29, 1.82) is 0 Å². The van der Waals surface area contributed by atoms with Crippen molar-refractivity contribution >= 4 is 11.9 Å². The monoisotopic (exact) mass is 185 g/mol. The molecule has 0 saturated carbocycles. The van der Waals surface area contributed by atoms with Crippen molar-refractivity contribution in [3.8, 4) is 0 Å². The second-order valence-electron chi connectivity index (χ2n) is 3.77. The summed E-state index contributed by atoms with van der Waals surface area (Å²) < 4.78 is 4.86. The zero-order valence-electron chi connectivity index (χ0n) is 8.16. The third-order valence-electron chi connectivity index (χ3n) is 1.97. The van der Waals surface area contributed by atoms with Crippen molar-refractivity contribution in [3.05, 3.63) is 0 Å². The highest BCUT2D eigenvalue weighted by atomic mass is 16.6. The highest BCUT2D eigenvalue weighted by Crippen LogP contribution is 2.11. The first-order chi connectivity index (χ1) is 6.00. The van der Waals surface area contributed by atoms with Gasteiger partial charge in [-0.3, -0.25) is 4.79 Å². The molecule has 0 aromatic carbocycles. The van der Waals surface area contributed by atoms with Crippen LogP contribution in [0.4, 0.5) is 0 Å². The first-order valence-corrected chi connectivity index (χ1v) is 4.51. The van der Waals surface area contributed by atoms with E-state index in [0.717, 1.165) is 0 Å². The molecule has 1 rings (SSSR count). The molecule has 4 nitrogen and oxygen atoms in total. The Morgan fingerprint density at radius 2 is 2.08 bits per heavy atom. The lowest BCUT2D eigenvalue weighted by atomic mass is 10.0. The number of nitrogens with one attached hydrogen (secondary N) is 1. The van der Waals surface area contributed by atoms with Gasteiger partial charge in [0.05, 0.1) is 0 Å². The molecule has 74 valence electrons. The van der Waals surface area contributed by atoms with Gasteiger partial charge in [0.2, 0.25) is 0 Å². The van der Waals surface area contributed by atoms with E-state index in [0.29, 0.717) is 12.3 Å². The first-order valence-electron chi connectivity index (χ1n) is 4.51. The number of hydrogen-bond acceptors (Lipinski definition) is 3. The normalized spacial score (nSPS) is 28.6. The Morgan fingerprint density at radius 3 is 2.62 bits per heavy atom. The van der Waals surface area contributed by atoms with Gasteiger partial charge in [-0.05, 0) is 19.3 Å². The second kappa shape index (κ2) is 3.77. The average molecular weight is 185 g/mol. The molecule has 1 saturated heterocycles. The Bertz CT molecular complexity index is 225. The minimum Gasteiger partial charge on any atom is -0.451 e.